The predicted octanol–water partition coefficient (Wildman–Crippen LogP) is 3.05. The predicted molar refractivity (Wildman–Crippen MR) is 81.3 cm³/mol. The summed E-state index contributed by atoms with van der Waals surface area (Å²) in [6.07, 6.45) is 0. The second-order valence-corrected chi connectivity index (χ2v) is 6.60. The zero-order valence-corrected chi connectivity index (χ0v) is 12.8. The number of nitrogens with one attached hydrogen (secondary N) is 1. The summed E-state index contributed by atoms with van der Waals surface area (Å²) < 4.78 is 40.4. The van der Waals surface area contributed by atoms with Crippen LogP contribution in [-0.2, 0) is 16.6 Å². The maximum atomic E-state index is 13.3. The molecule has 0 aliphatic carbocycles. The minimum absolute atomic E-state index is 0.0672. The van der Waals surface area contributed by atoms with E-state index in [2.05, 4.69) is 4.72 Å². The molecule has 7 heteroatoms. The van der Waals surface area contributed by atoms with Crippen LogP contribution in [0, 0.1) is 12.7 Å². The average Bonchev–Trinajstić information content (AvgIpc) is 2.36. The van der Waals surface area contributed by atoms with Crippen LogP contribution in [0.25, 0.3) is 0 Å². The number of hydrogen-bond acceptors (Lipinski definition) is 3. The fraction of sp³-hybridized carbons (Fsp3) is 0.143. The first-order chi connectivity index (χ1) is 9.83. The molecule has 0 aliphatic heterocycles. The van der Waals surface area contributed by atoms with Gasteiger partial charge in [0.15, 0.2) is 0 Å². The van der Waals surface area contributed by atoms with Crippen molar-refractivity contribution in [2.75, 3.05) is 4.72 Å². The number of benzene rings is 2. The molecule has 0 heterocycles. The first-order valence-electron chi connectivity index (χ1n) is 6.11. The van der Waals surface area contributed by atoms with E-state index in [0.29, 0.717) is 5.56 Å². The van der Waals surface area contributed by atoms with Crippen molar-refractivity contribution in [3.63, 3.8) is 0 Å². The van der Waals surface area contributed by atoms with Crippen LogP contribution in [0.4, 0.5) is 10.1 Å². The van der Waals surface area contributed by atoms with E-state index in [1.165, 1.54) is 12.1 Å². The van der Waals surface area contributed by atoms with E-state index in [1.807, 2.05) is 0 Å². The minimum atomic E-state index is -3.84. The summed E-state index contributed by atoms with van der Waals surface area (Å²) in [4.78, 5) is 0.103. The van der Waals surface area contributed by atoms with Crippen LogP contribution in [0.15, 0.2) is 41.3 Å². The fourth-order valence-corrected chi connectivity index (χ4v) is 3.55. The summed E-state index contributed by atoms with van der Waals surface area (Å²) in [6.45, 7) is 1.91. The molecule has 21 heavy (non-hydrogen) atoms. The van der Waals surface area contributed by atoms with Gasteiger partial charge in [0, 0.05) is 11.6 Å². The zero-order valence-electron chi connectivity index (χ0n) is 11.2. The molecule has 0 amide bonds. The van der Waals surface area contributed by atoms with Gasteiger partial charge in [0.2, 0.25) is 0 Å². The molecular weight excluding hydrogens is 315 g/mol. The molecule has 0 bridgehead atoms. The lowest BCUT2D eigenvalue weighted by Crippen LogP contribution is -2.15. The largest absolute Gasteiger partial charge is 0.326 e. The van der Waals surface area contributed by atoms with Gasteiger partial charge in [-0.1, -0.05) is 23.7 Å². The van der Waals surface area contributed by atoms with Gasteiger partial charge in [-0.05, 0) is 42.3 Å². The Bertz CT molecular complexity index is 758. The molecule has 4 nitrogen and oxygen atoms in total. The van der Waals surface area contributed by atoms with Gasteiger partial charge in [-0.2, -0.15) is 0 Å². The standard InChI is InChI=1S/C14H14ClFN2O2S/c1-9-10(8-17)3-2-4-14(9)21(19,20)18-13-6-11(15)5-12(16)7-13/h2-7,18H,8,17H2,1H3. The highest BCUT2D eigenvalue weighted by molar-refractivity contribution is 7.92. The number of rotatable bonds is 4. The van der Waals surface area contributed by atoms with Crippen LogP contribution >= 0.6 is 11.6 Å². The summed E-state index contributed by atoms with van der Waals surface area (Å²) in [5, 5.41) is 0.111. The lowest BCUT2D eigenvalue weighted by atomic mass is 10.1. The van der Waals surface area contributed by atoms with Gasteiger partial charge in [0.25, 0.3) is 10.0 Å². The summed E-state index contributed by atoms with van der Waals surface area (Å²) in [7, 11) is -3.84. The average molecular weight is 329 g/mol. The van der Waals surface area contributed by atoms with E-state index in [9.17, 15) is 12.8 Å². The fourth-order valence-electron chi connectivity index (χ4n) is 2.00. The Morgan fingerprint density at radius 2 is 2.00 bits per heavy atom. The van der Waals surface area contributed by atoms with Crippen molar-refractivity contribution >= 4 is 27.3 Å². The molecule has 0 fully saturated rings. The van der Waals surface area contributed by atoms with Crippen LogP contribution in [0.1, 0.15) is 11.1 Å². The van der Waals surface area contributed by atoms with Gasteiger partial charge in [-0.15, -0.1) is 0 Å². The molecule has 2 rings (SSSR count). The molecule has 0 atom stereocenters. The zero-order chi connectivity index (χ0) is 15.6. The molecule has 0 aromatic heterocycles. The van der Waals surface area contributed by atoms with E-state index >= 15 is 0 Å². The van der Waals surface area contributed by atoms with Crippen LogP contribution in [-0.4, -0.2) is 8.42 Å². The van der Waals surface area contributed by atoms with Crippen LogP contribution in [0.5, 0.6) is 0 Å². The van der Waals surface area contributed by atoms with Crippen molar-refractivity contribution < 1.29 is 12.8 Å². The maximum Gasteiger partial charge on any atom is 0.262 e. The number of nitrogens with two attached hydrogens (primary N) is 1. The van der Waals surface area contributed by atoms with Gasteiger partial charge < -0.3 is 5.73 Å². The Labute approximate surface area is 127 Å². The smallest absolute Gasteiger partial charge is 0.262 e. The van der Waals surface area contributed by atoms with Crippen molar-refractivity contribution in [2.45, 2.75) is 18.4 Å². The molecule has 0 aliphatic rings. The summed E-state index contributed by atoms with van der Waals surface area (Å²) in [5.74, 6) is -0.618. The highest BCUT2D eigenvalue weighted by Crippen LogP contribution is 2.24. The molecule has 0 spiro atoms. The Balaban J connectivity index is 2.43. The highest BCUT2D eigenvalue weighted by Gasteiger charge is 2.18. The van der Waals surface area contributed by atoms with E-state index in [0.717, 1.165) is 17.7 Å². The number of sulfonamides is 1. The molecular formula is C14H14ClFN2O2S. The highest BCUT2D eigenvalue weighted by atomic mass is 35.5. The van der Waals surface area contributed by atoms with Gasteiger partial charge >= 0.3 is 0 Å². The van der Waals surface area contributed by atoms with Crippen molar-refractivity contribution in [3.8, 4) is 0 Å². The molecule has 0 saturated heterocycles. The van der Waals surface area contributed by atoms with E-state index < -0.39 is 15.8 Å². The van der Waals surface area contributed by atoms with Crippen LogP contribution in [0.3, 0.4) is 0 Å². The van der Waals surface area contributed by atoms with Crippen molar-refractivity contribution in [2.24, 2.45) is 5.73 Å². The summed E-state index contributed by atoms with van der Waals surface area (Å²) >= 11 is 5.71. The number of hydrogen-bond donors (Lipinski definition) is 2. The van der Waals surface area contributed by atoms with Crippen molar-refractivity contribution in [1.29, 1.82) is 0 Å². The first kappa shape index (κ1) is 15.8. The summed E-state index contributed by atoms with van der Waals surface area (Å²) in [6, 6.07) is 8.34. The molecule has 0 unspecified atom stereocenters. The quantitative estimate of drug-likeness (QED) is 0.906. The second-order valence-electron chi connectivity index (χ2n) is 4.51. The lowest BCUT2D eigenvalue weighted by Gasteiger charge is -2.13. The monoisotopic (exact) mass is 328 g/mol. The Hall–Kier alpha value is -1.63. The molecule has 2 aromatic rings. The minimum Gasteiger partial charge on any atom is -0.326 e. The van der Waals surface area contributed by atoms with Crippen molar-refractivity contribution in [1.82, 2.24) is 0 Å². The SMILES string of the molecule is Cc1c(CN)cccc1S(=O)(=O)Nc1cc(F)cc(Cl)c1. The Morgan fingerprint density at radius 1 is 1.29 bits per heavy atom. The molecule has 2 aromatic carbocycles. The maximum absolute atomic E-state index is 13.3. The normalized spacial score (nSPS) is 11.4. The number of anilines is 1. The third-order valence-corrected chi connectivity index (χ3v) is 4.76. The molecule has 112 valence electrons. The summed E-state index contributed by atoms with van der Waals surface area (Å²) in [5.41, 5.74) is 6.94. The Kier molecular flexibility index (Phi) is 4.51. The van der Waals surface area contributed by atoms with E-state index in [1.54, 1.807) is 19.1 Å². The number of halogens is 2. The Morgan fingerprint density at radius 3 is 2.62 bits per heavy atom. The van der Waals surface area contributed by atoms with Gasteiger partial charge in [-0.3, -0.25) is 4.72 Å². The van der Waals surface area contributed by atoms with Crippen molar-refractivity contribution in [3.05, 3.63) is 58.4 Å². The van der Waals surface area contributed by atoms with E-state index in [-0.39, 0.29) is 22.2 Å². The van der Waals surface area contributed by atoms with Gasteiger partial charge in [-0.25, -0.2) is 12.8 Å². The molecule has 0 saturated carbocycles. The third-order valence-electron chi connectivity index (χ3n) is 3.02. The third kappa shape index (κ3) is 3.53. The van der Waals surface area contributed by atoms with Crippen LogP contribution in [0.2, 0.25) is 5.02 Å². The van der Waals surface area contributed by atoms with Crippen LogP contribution < -0.4 is 10.5 Å². The topological polar surface area (TPSA) is 72.2 Å². The second kappa shape index (κ2) is 6.01. The van der Waals surface area contributed by atoms with E-state index in [4.69, 9.17) is 17.3 Å². The van der Waals surface area contributed by atoms with Gasteiger partial charge in [0.1, 0.15) is 5.82 Å². The molecule has 3 N–H and O–H groups in total. The molecule has 0 radical (unpaired) electrons. The van der Waals surface area contributed by atoms with Gasteiger partial charge in [0.05, 0.1) is 10.6 Å². The first-order valence-corrected chi connectivity index (χ1v) is 7.97. The lowest BCUT2D eigenvalue weighted by molar-refractivity contribution is 0.600.